The molecule has 1 aromatic carbocycles. The van der Waals surface area contributed by atoms with Gasteiger partial charge in [0.1, 0.15) is 4.90 Å². The molecule has 1 saturated carbocycles. The molecule has 1 fully saturated rings. The van der Waals surface area contributed by atoms with E-state index in [1.54, 1.807) is 30.1 Å². The van der Waals surface area contributed by atoms with Crippen LogP contribution in [0.25, 0.3) is 0 Å². The van der Waals surface area contributed by atoms with Crippen LogP contribution in [0.5, 0.6) is 0 Å². The Kier molecular flexibility index (Phi) is 5.46. The monoisotopic (exact) mass is 386 g/mol. The van der Waals surface area contributed by atoms with Crippen molar-refractivity contribution < 1.29 is 13.2 Å². The summed E-state index contributed by atoms with van der Waals surface area (Å²) in [5.41, 5.74) is 5.94. The molecule has 0 bridgehead atoms. The maximum absolute atomic E-state index is 12.4. The molecule has 0 radical (unpaired) electrons. The lowest BCUT2D eigenvalue weighted by atomic mass is 9.96. The predicted molar refractivity (Wildman–Crippen MR) is 98.4 cm³/mol. The van der Waals surface area contributed by atoms with E-state index in [4.69, 9.17) is 5.73 Å². The van der Waals surface area contributed by atoms with Crippen LogP contribution in [-0.2, 0) is 14.8 Å². The third-order valence-corrected chi connectivity index (χ3v) is 6.01. The van der Waals surface area contributed by atoms with Crippen LogP contribution < -0.4 is 11.1 Å². The molecule has 0 aromatic heterocycles. The Balaban J connectivity index is 0.00000225. The van der Waals surface area contributed by atoms with Gasteiger partial charge < -0.3 is 16.0 Å². The van der Waals surface area contributed by atoms with Gasteiger partial charge in [0.05, 0.1) is 12.1 Å². The summed E-state index contributed by atoms with van der Waals surface area (Å²) < 4.78 is 28.0. The summed E-state index contributed by atoms with van der Waals surface area (Å²) >= 11 is 0. The van der Waals surface area contributed by atoms with Gasteiger partial charge in [0.15, 0.2) is 5.84 Å². The fourth-order valence-corrected chi connectivity index (χ4v) is 4.30. The van der Waals surface area contributed by atoms with Crippen molar-refractivity contribution in [1.82, 2.24) is 10.2 Å². The highest BCUT2D eigenvalue weighted by molar-refractivity contribution is 7.90. The number of carbonyl (C=O) groups is 1. The van der Waals surface area contributed by atoms with Gasteiger partial charge in [0.25, 0.3) is 10.0 Å². The molecule has 7 nitrogen and oxygen atoms in total. The summed E-state index contributed by atoms with van der Waals surface area (Å²) in [5, 5.41) is 2.99. The third-order valence-electron chi connectivity index (χ3n) is 4.68. The molecule has 1 heterocycles. The first-order chi connectivity index (χ1) is 11.3. The Morgan fingerprint density at radius 1 is 1.40 bits per heavy atom. The van der Waals surface area contributed by atoms with Crippen molar-refractivity contribution in [1.29, 1.82) is 0 Å². The Morgan fingerprint density at radius 2 is 2.04 bits per heavy atom. The fourth-order valence-electron chi connectivity index (χ4n) is 3.05. The molecule has 1 aliphatic carbocycles. The number of amidine groups is 1. The summed E-state index contributed by atoms with van der Waals surface area (Å²) in [6.45, 7) is 2.35. The van der Waals surface area contributed by atoms with Crippen LogP contribution in [0, 0.1) is 5.92 Å². The van der Waals surface area contributed by atoms with Crippen molar-refractivity contribution in [2.45, 2.75) is 30.2 Å². The summed E-state index contributed by atoms with van der Waals surface area (Å²) in [4.78, 5) is 14.1. The molecule has 3 rings (SSSR count). The van der Waals surface area contributed by atoms with E-state index in [-0.39, 0.29) is 29.8 Å². The van der Waals surface area contributed by atoms with Crippen molar-refractivity contribution in [3.63, 3.8) is 0 Å². The van der Waals surface area contributed by atoms with E-state index in [1.807, 2.05) is 6.92 Å². The summed E-state index contributed by atoms with van der Waals surface area (Å²) in [6.07, 6.45) is 2.14. The number of rotatable bonds is 5. The standard InChI is InChI=1S/C16H22N4O3S.ClH/c1-16(10-17,11-7-8-11)18-14(21)9-20(2)15-12-5-3-4-6-13(12)24(22,23)19-15;/h3-6,11H,7-10,17H2,1-2H3,(H,18,21);1H. The number of sulfonamides is 1. The minimum absolute atomic E-state index is 0. The summed E-state index contributed by atoms with van der Waals surface area (Å²) in [5.74, 6) is 0.519. The molecule has 2 aliphatic rings. The number of hydrogen-bond acceptors (Lipinski definition) is 5. The smallest absolute Gasteiger partial charge is 0.285 e. The molecule has 0 saturated heterocycles. The van der Waals surface area contributed by atoms with E-state index >= 15 is 0 Å². The Labute approximate surface area is 154 Å². The van der Waals surface area contributed by atoms with Gasteiger partial charge in [-0.05, 0) is 37.8 Å². The largest absolute Gasteiger partial charge is 0.349 e. The molecular formula is C16H23ClN4O3S. The number of benzene rings is 1. The van der Waals surface area contributed by atoms with E-state index in [9.17, 15) is 13.2 Å². The van der Waals surface area contributed by atoms with Crippen LogP contribution in [0.3, 0.4) is 0 Å². The SMILES string of the molecule is CN(CC(=O)NC(C)(CN)C1CC1)C1=NS(=O)(=O)c2ccccc21.Cl. The third kappa shape index (κ3) is 3.80. The molecule has 1 aliphatic heterocycles. The van der Waals surface area contributed by atoms with Crippen LogP contribution in [0.4, 0.5) is 0 Å². The second kappa shape index (κ2) is 6.93. The molecule has 138 valence electrons. The number of fused-ring (bicyclic) bond motifs is 1. The highest BCUT2D eigenvalue weighted by Gasteiger charge is 2.41. The van der Waals surface area contributed by atoms with Crippen LogP contribution >= 0.6 is 12.4 Å². The Bertz CT molecular complexity index is 807. The number of carbonyl (C=O) groups excluding carboxylic acids is 1. The van der Waals surface area contributed by atoms with Crippen LogP contribution in [0.1, 0.15) is 25.3 Å². The van der Waals surface area contributed by atoms with Gasteiger partial charge in [-0.1, -0.05) is 12.1 Å². The minimum atomic E-state index is -3.68. The van der Waals surface area contributed by atoms with Gasteiger partial charge in [-0.2, -0.15) is 8.42 Å². The van der Waals surface area contributed by atoms with E-state index < -0.39 is 15.6 Å². The molecule has 1 atom stereocenters. The molecule has 1 aromatic rings. The number of nitrogens with two attached hydrogens (primary N) is 1. The van der Waals surface area contributed by atoms with Gasteiger partial charge in [0, 0.05) is 19.2 Å². The first-order valence-electron chi connectivity index (χ1n) is 7.93. The second-order valence-electron chi connectivity index (χ2n) is 6.69. The Morgan fingerprint density at radius 3 is 2.64 bits per heavy atom. The maximum Gasteiger partial charge on any atom is 0.285 e. The average Bonchev–Trinajstić information content (AvgIpc) is 3.34. The lowest BCUT2D eigenvalue weighted by molar-refractivity contribution is -0.123. The zero-order valence-corrected chi connectivity index (χ0v) is 15.9. The topological polar surface area (TPSA) is 105 Å². The van der Waals surface area contributed by atoms with Crippen molar-refractivity contribution in [2.75, 3.05) is 20.1 Å². The normalized spacial score (nSPS) is 19.9. The molecule has 1 unspecified atom stereocenters. The zero-order chi connectivity index (χ0) is 17.5. The number of nitrogens with zero attached hydrogens (tertiary/aromatic N) is 2. The second-order valence-corrected chi connectivity index (χ2v) is 8.26. The molecule has 1 amide bonds. The highest BCUT2D eigenvalue weighted by atomic mass is 35.5. The summed E-state index contributed by atoms with van der Waals surface area (Å²) in [6, 6.07) is 6.63. The molecule has 3 N–H and O–H groups in total. The predicted octanol–water partition coefficient (Wildman–Crippen LogP) is 0.733. The van der Waals surface area contributed by atoms with E-state index in [1.165, 1.54) is 6.07 Å². The highest BCUT2D eigenvalue weighted by Crippen LogP contribution is 2.39. The van der Waals surface area contributed by atoms with Gasteiger partial charge >= 0.3 is 0 Å². The molecule has 0 spiro atoms. The number of nitrogens with one attached hydrogen (secondary N) is 1. The van der Waals surface area contributed by atoms with Crippen molar-refractivity contribution in [3.8, 4) is 0 Å². The zero-order valence-electron chi connectivity index (χ0n) is 14.2. The lowest BCUT2D eigenvalue weighted by Crippen LogP contribution is -2.55. The molecule has 25 heavy (non-hydrogen) atoms. The van der Waals surface area contributed by atoms with Gasteiger partial charge in [-0.3, -0.25) is 4.79 Å². The van der Waals surface area contributed by atoms with Crippen LogP contribution in [-0.4, -0.2) is 50.7 Å². The van der Waals surface area contributed by atoms with Crippen molar-refractivity contribution in [3.05, 3.63) is 29.8 Å². The van der Waals surface area contributed by atoms with Crippen LogP contribution in [0.15, 0.2) is 33.6 Å². The number of hydrogen-bond donors (Lipinski definition) is 2. The Hall–Kier alpha value is -1.64. The minimum Gasteiger partial charge on any atom is -0.349 e. The molecular weight excluding hydrogens is 364 g/mol. The number of amides is 1. The summed E-state index contributed by atoms with van der Waals surface area (Å²) in [7, 11) is -2.02. The lowest BCUT2D eigenvalue weighted by Gasteiger charge is -2.30. The first kappa shape index (κ1) is 19.7. The van der Waals surface area contributed by atoms with Gasteiger partial charge in [0.2, 0.25) is 5.91 Å². The average molecular weight is 387 g/mol. The quantitative estimate of drug-likeness (QED) is 0.776. The van der Waals surface area contributed by atoms with Crippen LogP contribution in [0.2, 0.25) is 0 Å². The fraction of sp³-hybridized carbons (Fsp3) is 0.500. The van der Waals surface area contributed by atoms with E-state index in [0.717, 1.165) is 12.8 Å². The number of halogens is 1. The molecule has 9 heteroatoms. The maximum atomic E-state index is 12.4. The van der Waals surface area contributed by atoms with Gasteiger partial charge in [-0.25, -0.2) is 0 Å². The van der Waals surface area contributed by atoms with Gasteiger partial charge in [-0.15, -0.1) is 16.8 Å². The number of likely N-dealkylation sites (N-methyl/N-ethyl adjacent to an activating group) is 1. The van der Waals surface area contributed by atoms with Crippen molar-refractivity contribution >= 4 is 34.2 Å². The van der Waals surface area contributed by atoms with E-state index in [2.05, 4.69) is 9.71 Å². The van der Waals surface area contributed by atoms with E-state index in [0.29, 0.717) is 23.9 Å². The van der Waals surface area contributed by atoms with Crippen molar-refractivity contribution in [2.24, 2.45) is 16.0 Å². The first-order valence-corrected chi connectivity index (χ1v) is 9.37.